The second-order valence-electron chi connectivity index (χ2n) is 5.43. The molecule has 1 fully saturated rings. The Morgan fingerprint density at radius 3 is 2.76 bits per heavy atom. The number of hydrogen-bond acceptors (Lipinski definition) is 3. The van der Waals surface area contributed by atoms with Gasteiger partial charge in [-0.2, -0.15) is 0 Å². The monoisotopic (exact) mass is 289 g/mol. The van der Waals surface area contributed by atoms with Crippen molar-refractivity contribution in [2.75, 3.05) is 25.5 Å². The van der Waals surface area contributed by atoms with Crippen molar-refractivity contribution in [1.82, 2.24) is 9.80 Å². The first-order valence-corrected chi connectivity index (χ1v) is 7.15. The zero-order valence-electron chi connectivity index (χ0n) is 12.0. The van der Waals surface area contributed by atoms with Gasteiger partial charge in [0.15, 0.2) is 0 Å². The third-order valence-corrected chi connectivity index (χ3v) is 4.25. The molecule has 1 N–H and O–H groups in total. The van der Waals surface area contributed by atoms with E-state index in [9.17, 15) is 9.59 Å². The number of nitrogens with one attached hydrogen (secondary N) is 1. The number of carbonyl (C=O) groups excluding carboxylic acids is 2. The highest BCUT2D eigenvalue weighted by Crippen LogP contribution is 2.34. The number of para-hydroxylation sites is 1. The van der Waals surface area contributed by atoms with Crippen molar-refractivity contribution >= 4 is 18.1 Å². The lowest BCUT2D eigenvalue weighted by molar-refractivity contribution is -0.119. The number of anilines is 1. The minimum atomic E-state index is -0.0865. The average Bonchev–Trinajstić information content (AvgIpc) is 2.54. The molecular weight excluding hydrogens is 270 g/mol. The topological polar surface area (TPSA) is 61.9 Å². The highest BCUT2D eigenvalue weighted by Gasteiger charge is 2.32. The molecular formula is C15H19N3O3. The summed E-state index contributed by atoms with van der Waals surface area (Å²) in [5, 5.41) is 2.93. The van der Waals surface area contributed by atoms with Crippen LogP contribution in [0.5, 0.6) is 5.75 Å². The predicted octanol–water partition coefficient (Wildman–Crippen LogP) is 1.66. The van der Waals surface area contributed by atoms with E-state index in [-0.39, 0.29) is 12.1 Å². The van der Waals surface area contributed by atoms with Gasteiger partial charge in [0.2, 0.25) is 6.41 Å². The van der Waals surface area contributed by atoms with Gasteiger partial charge in [-0.15, -0.1) is 0 Å². The first-order chi connectivity index (χ1) is 10.2. The molecule has 6 nitrogen and oxygen atoms in total. The van der Waals surface area contributed by atoms with Gasteiger partial charge >= 0.3 is 6.03 Å². The van der Waals surface area contributed by atoms with E-state index >= 15 is 0 Å². The molecule has 0 unspecified atom stereocenters. The number of nitrogens with zero attached hydrogens (tertiary/aromatic N) is 2. The van der Waals surface area contributed by atoms with Crippen molar-refractivity contribution in [1.29, 1.82) is 0 Å². The van der Waals surface area contributed by atoms with E-state index in [1.165, 1.54) is 0 Å². The number of ether oxygens (including phenoxy) is 1. The third-order valence-electron chi connectivity index (χ3n) is 4.25. The molecule has 2 aliphatic rings. The number of amides is 3. The summed E-state index contributed by atoms with van der Waals surface area (Å²) in [6.45, 7) is 2.01. The van der Waals surface area contributed by atoms with E-state index in [1.54, 1.807) is 12.0 Å². The molecule has 3 rings (SSSR count). The fraction of sp³-hybridized carbons (Fsp3) is 0.467. The first-order valence-electron chi connectivity index (χ1n) is 7.15. The summed E-state index contributed by atoms with van der Waals surface area (Å²) in [6, 6.07) is 5.88. The van der Waals surface area contributed by atoms with Crippen LogP contribution in [0.25, 0.3) is 0 Å². The van der Waals surface area contributed by atoms with Gasteiger partial charge < -0.3 is 19.9 Å². The van der Waals surface area contributed by atoms with Crippen LogP contribution < -0.4 is 10.1 Å². The van der Waals surface area contributed by atoms with Gasteiger partial charge in [0.1, 0.15) is 5.75 Å². The van der Waals surface area contributed by atoms with Crippen LogP contribution >= 0.6 is 0 Å². The lowest BCUT2D eigenvalue weighted by atomic mass is 10.0. The summed E-state index contributed by atoms with van der Waals surface area (Å²) in [4.78, 5) is 26.7. The number of methoxy groups -OCH3 is 1. The largest absolute Gasteiger partial charge is 0.495 e. The van der Waals surface area contributed by atoms with Gasteiger partial charge in [0, 0.05) is 25.7 Å². The van der Waals surface area contributed by atoms with Crippen LogP contribution in [0.2, 0.25) is 0 Å². The molecule has 2 heterocycles. The molecule has 0 saturated carbocycles. The molecule has 0 spiro atoms. The van der Waals surface area contributed by atoms with E-state index in [1.807, 2.05) is 23.1 Å². The number of hydrogen-bond donors (Lipinski definition) is 1. The minimum absolute atomic E-state index is 0.0865. The zero-order chi connectivity index (χ0) is 14.8. The van der Waals surface area contributed by atoms with Gasteiger partial charge in [-0.05, 0) is 24.5 Å². The summed E-state index contributed by atoms with van der Waals surface area (Å²) < 4.78 is 5.29. The molecule has 3 amide bonds. The molecule has 0 atom stereocenters. The summed E-state index contributed by atoms with van der Waals surface area (Å²) in [6.07, 6.45) is 2.53. The summed E-state index contributed by atoms with van der Waals surface area (Å²) >= 11 is 0. The minimum Gasteiger partial charge on any atom is -0.495 e. The lowest BCUT2D eigenvalue weighted by Crippen LogP contribution is -2.49. The molecule has 21 heavy (non-hydrogen) atoms. The van der Waals surface area contributed by atoms with Crippen molar-refractivity contribution < 1.29 is 14.3 Å². The van der Waals surface area contributed by atoms with E-state index in [4.69, 9.17) is 4.74 Å². The Kier molecular flexibility index (Phi) is 3.68. The second kappa shape index (κ2) is 5.63. The maximum Gasteiger partial charge on any atom is 0.322 e. The fourth-order valence-corrected chi connectivity index (χ4v) is 3.05. The highest BCUT2D eigenvalue weighted by molar-refractivity contribution is 5.94. The van der Waals surface area contributed by atoms with Crippen LogP contribution in [0.4, 0.5) is 10.5 Å². The highest BCUT2D eigenvalue weighted by atomic mass is 16.5. The Balaban J connectivity index is 1.77. The van der Waals surface area contributed by atoms with Crippen molar-refractivity contribution in [3.8, 4) is 5.75 Å². The van der Waals surface area contributed by atoms with Gasteiger partial charge in [-0.1, -0.05) is 12.1 Å². The Morgan fingerprint density at radius 2 is 2.10 bits per heavy atom. The molecule has 1 aromatic carbocycles. The Hall–Kier alpha value is -2.24. The van der Waals surface area contributed by atoms with E-state index in [2.05, 4.69) is 5.32 Å². The molecule has 1 saturated heterocycles. The maximum atomic E-state index is 12.4. The van der Waals surface area contributed by atoms with E-state index in [0.29, 0.717) is 25.4 Å². The molecule has 0 bridgehead atoms. The molecule has 0 aromatic heterocycles. The molecule has 0 aliphatic carbocycles. The SMILES string of the molecule is COc1cccc2c1NC(=O)N(C1CCN(C=O)CC1)C2. The quantitative estimate of drug-likeness (QED) is 0.861. The van der Waals surface area contributed by atoms with Crippen LogP contribution in [0, 0.1) is 0 Å². The molecule has 112 valence electrons. The number of benzene rings is 1. The van der Waals surface area contributed by atoms with Crippen molar-refractivity contribution in [2.24, 2.45) is 0 Å². The molecule has 2 aliphatic heterocycles. The first kappa shape index (κ1) is 13.7. The number of carbonyl (C=O) groups is 2. The van der Waals surface area contributed by atoms with Gasteiger partial charge in [0.25, 0.3) is 0 Å². The predicted molar refractivity (Wildman–Crippen MR) is 78.2 cm³/mol. The average molecular weight is 289 g/mol. The maximum absolute atomic E-state index is 12.4. The molecule has 6 heteroatoms. The summed E-state index contributed by atoms with van der Waals surface area (Å²) in [5.41, 5.74) is 1.83. The van der Waals surface area contributed by atoms with Crippen LogP contribution in [-0.2, 0) is 11.3 Å². The fourth-order valence-electron chi connectivity index (χ4n) is 3.05. The number of fused-ring (bicyclic) bond motifs is 1. The normalized spacial score (nSPS) is 19.0. The number of likely N-dealkylation sites (tertiary alicyclic amines) is 1. The number of piperidine rings is 1. The van der Waals surface area contributed by atoms with Crippen LogP contribution in [0.3, 0.4) is 0 Å². The Morgan fingerprint density at radius 1 is 1.33 bits per heavy atom. The van der Waals surface area contributed by atoms with Crippen LogP contribution in [-0.4, -0.2) is 48.5 Å². The van der Waals surface area contributed by atoms with Crippen LogP contribution in [0.15, 0.2) is 18.2 Å². The van der Waals surface area contributed by atoms with Gasteiger partial charge in [-0.3, -0.25) is 4.79 Å². The summed E-state index contributed by atoms with van der Waals surface area (Å²) in [7, 11) is 1.60. The van der Waals surface area contributed by atoms with Crippen molar-refractivity contribution in [2.45, 2.75) is 25.4 Å². The van der Waals surface area contributed by atoms with Crippen LogP contribution in [0.1, 0.15) is 18.4 Å². The number of urea groups is 1. The smallest absolute Gasteiger partial charge is 0.322 e. The van der Waals surface area contributed by atoms with E-state index in [0.717, 1.165) is 30.5 Å². The van der Waals surface area contributed by atoms with Crippen molar-refractivity contribution in [3.63, 3.8) is 0 Å². The Bertz CT molecular complexity index is 553. The zero-order valence-corrected chi connectivity index (χ0v) is 12.0. The second-order valence-corrected chi connectivity index (χ2v) is 5.43. The van der Waals surface area contributed by atoms with Gasteiger partial charge in [0.05, 0.1) is 12.8 Å². The number of rotatable bonds is 3. The van der Waals surface area contributed by atoms with Crippen molar-refractivity contribution in [3.05, 3.63) is 23.8 Å². The third kappa shape index (κ3) is 2.53. The summed E-state index contributed by atoms with van der Waals surface area (Å²) in [5.74, 6) is 0.691. The standard InChI is InChI=1S/C15H19N3O3/c1-21-13-4-2-3-11-9-18(15(20)16-14(11)13)12-5-7-17(10-19)8-6-12/h2-4,10,12H,5-9H2,1H3,(H,16,20). The molecule has 0 radical (unpaired) electrons. The molecule has 1 aromatic rings. The Labute approximate surface area is 123 Å². The van der Waals surface area contributed by atoms with E-state index < -0.39 is 0 Å². The van der Waals surface area contributed by atoms with Gasteiger partial charge in [-0.25, -0.2) is 4.79 Å². The lowest BCUT2D eigenvalue weighted by Gasteiger charge is -2.39.